The molecule has 1 aromatic heterocycles. The van der Waals surface area contributed by atoms with Crippen molar-refractivity contribution in [2.75, 3.05) is 31.1 Å². The van der Waals surface area contributed by atoms with Gasteiger partial charge in [0.15, 0.2) is 5.43 Å². The highest BCUT2D eigenvalue weighted by Gasteiger charge is 2.22. The van der Waals surface area contributed by atoms with E-state index in [2.05, 4.69) is 4.90 Å². The second-order valence-electron chi connectivity index (χ2n) is 6.61. The minimum Gasteiger partial charge on any atom is -0.459 e. The van der Waals surface area contributed by atoms with Crippen molar-refractivity contribution in [1.82, 2.24) is 4.90 Å². The largest absolute Gasteiger partial charge is 0.459 e. The normalized spacial score (nSPS) is 14.0. The minimum absolute atomic E-state index is 0. The molecule has 1 amide bonds. The van der Waals surface area contributed by atoms with Gasteiger partial charge in [0.2, 0.25) is 0 Å². The van der Waals surface area contributed by atoms with E-state index in [-0.39, 0.29) is 30.3 Å². The zero-order chi connectivity index (χ0) is 18.8. The second kappa shape index (κ2) is 8.46. The van der Waals surface area contributed by atoms with Crippen LogP contribution in [0.25, 0.3) is 11.0 Å². The molecule has 0 unspecified atom stereocenters. The summed E-state index contributed by atoms with van der Waals surface area (Å²) in [7, 11) is 0. The van der Waals surface area contributed by atoms with Crippen molar-refractivity contribution in [3.63, 3.8) is 0 Å². The molecule has 28 heavy (non-hydrogen) atoms. The lowest BCUT2D eigenvalue weighted by Gasteiger charge is -2.36. The maximum Gasteiger partial charge on any atom is 0.253 e. The summed E-state index contributed by atoms with van der Waals surface area (Å²) in [6.07, 6.45) is 0. The maximum absolute atomic E-state index is 12.6. The Morgan fingerprint density at radius 2 is 1.71 bits per heavy atom. The fourth-order valence-electron chi connectivity index (χ4n) is 3.42. The van der Waals surface area contributed by atoms with Gasteiger partial charge in [-0.25, -0.2) is 0 Å². The zero-order valence-corrected chi connectivity index (χ0v) is 16.2. The van der Waals surface area contributed by atoms with E-state index >= 15 is 0 Å². The van der Waals surface area contributed by atoms with E-state index in [1.165, 1.54) is 6.07 Å². The summed E-state index contributed by atoms with van der Waals surface area (Å²) in [6.45, 7) is 2.95. The lowest BCUT2D eigenvalue weighted by Crippen LogP contribution is -2.48. The number of nitrogens with zero attached hydrogens (tertiary/aromatic N) is 2. The lowest BCUT2D eigenvalue weighted by molar-refractivity contribution is 0.0747. The molecule has 1 aliphatic rings. The van der Waals surface area contributed by atoms with Gasteiger partial charge in [-0.15, -0.1) is 12.4 Å². The quantitative estimate of drug-likeness (QED) is 0.732. The molecule has 7 heteroatoms. The van der Waals surface area contributed by atoms with E-state index in [4.69, 9.17) is 10.2 Å². The number of hydrogen-bond donors (Lipinski definition) is 1. The Bertz CT molecular complexity index is 1030. The first kappa shape index (κ1) is 19.9. The first-order valence-corrected chi connectivity index (χ1v) is 9.02. The van der Waals surface area contributed by atoms with Gasteiger partial charge >= 0.3 is 0 Å². The van der Waals surface area contributed by atoms with E-state index < -0.39 is 0 Å². The molecular formula is C21H22ClN3O3. The van der Waals surface area contributed by atoms with Gasteiger partial charge in [0, 0.05) is 49.6 Å². The van der Waals surface area contributed by atoms with Gasteiger partial charge in [0.1, 0.15) is 11.3 Å². The van der Waals surface area contributed by atoms with Crippen LogP contribution in [0.3, 0.4) is 0 Å². The molecule has 2 heterocycles. The molecule has 0 spiro atoms. The molecule has 1 aliphatic heterocycles. The van der Waals surface area contributed by atoms with Crippen molar-refractivity contribution in [2.45, 2.75) is 6.54 Å². The molecule has 146 valence electrons. The molecular weight excluding hydrogens is 378 g/mol. The SMILES string of the molecule is Cl.NCc1cc(=O)c2ccc(N3CCN(C(=O)c4ccccc4)CC3)cc2o1. The fraction of sp³-hybridized carbons (Fsp3) is 0.238. The Morgan fingerprint density at radius 3 is 2.39 bits per heavy atom. The minimum atomic E-state index is -0.0819. The zero-order valence-electron chi connectivity index (χ0n) is 15.3. The number of carbonyl (C=O) groups excluding carboxylic acids is 1. The van der Waals surface area contributed by atoms with E-state index in [9.17, 15) is 9.59 Å². The van der Waals surface area contributed by atoms with E-state index in [0.717, 1.165) is 18.8 Å². The third kappa shape index (κ3) is 3.88. The standard InChI is InChI=1S/C21H21N3O3.ClH/c22-14-17-13-19(25)18-7-6-16(12-20(18)27-17)23-8-10-24(11-9-23)21(26)15-4-2-1-3-5-15;/h1-7,12-13H,8-11,14,22H2;1H. The summed E-state index contributed by atoms with van der Waals surface area (Å²) < 4.78 is 5.72. The number of piperazine rings is 1. The third-order valence-corrected chi connectivity index (χ3v) is 4.92. The molecule has 6 nitrogen and oxygen atoms in total. The van der Waals surface area contributed by atoms with Crippen molar-refractivity contribution in [3.05, 3.63) is 76.1 Å². The van der Waals surface area contributed by atoms with Crippen LogP contribution < -0.4 is 16.1 Å². The van der Waals surface area contributed by atoms with E-state index in [1.807, 2.05) is 47.4 Å². The Morgan fingerprint density at radius 1 is 1.00 bits per heavy atom. The first-order valence-electron chi connectivity index (χ1n) is 9.02. The number of fused-ring (bicyclic) bond motifs is 1. The molecule has 2 aromatic carbocycles. The van der Waals surface area contributed by atoms with Gasteiger partial charge in [0.05, 0.1) is 11.9 Å². The number of hydrogen-bond acceptors (Lipinski definition) is 5. The Kier molecular flexibility index (Phi) is 6.02. The molecule has 2 N–H and O–H groups in total. The second-order valence-corrected chi connectivity index (χ2v) is 6.61. The third-order valence-electron chi connectivity index (χ3n) is 4.92. The van der Waals surface area contributed by atoms with Gasteiger partial charge in [-0.1, -0.05) is 18.2 Å². The van der Waals surface area contributed by atoms with Crippen LogP contribution in [0.2, 0.25) is 0 Å². The average Bonchev–Trinajstić information content (AvgIpc) is 2.73. The van der Waals surface area contributed by atoms with Crippen molar-refractivity contribution in [1.29, 1.82) is 0 Å². The van der Waals surface area contributed by atoms with Crippen LogP contribution in [0.1, 0.15) is 16.1 Å². The number of carbonyl (C=O) groups is 1. The highest BCUT2D eigenvalue weighted by atomic mass is 35.5. The van der Waals surface area contributed by atoms with Gasteiger partial charge in [-0.05, 0) is 24.3 Å². The highest BCUT2D eigenvalue weighted by molar-refractivity contribution is 5.94. The van der Waals surface area contributed by atoms with Gasteiger partial charge < -0.3 is 20.0 Å². The van der Waals surface area contributed by atoms with Gasteiger partial charge in [-0.2, -0.15) is 0 Å². The van der Waals surface area contributed by atoms with E-state index in [1.54, 1.807) is 6.07 Å². The number of rotatable bonds is 3. The maximum atomic E-state index is 12.6. The number of halogens is 1. The number of anilines is 1. The molecule has 1 saturated heterocycles. The molecule has 0 radical (unpaired) electrons. The monoisotopic (exact) mass is 399 g/mol. The number of benzene rings is 2. The summed E-state index contributed by atoms with van der Waals surface area (Å²) in [4.78, 5) is 28.8. The Labute approximate surface area is 168 Å². The molecule has 4 rings (SSSR count). The highest BCUT2D eigenvalue weighted by Crippen LogP contribution is 2.23. The first-order chi connectivity index (χ1) is 13.2. The molecule has 1 fully saturated rings. The van der Waals surface area contributed by atoms with Crippen LogP contribution in [-0.2, 0) is 6.54 Å². The Balaban J connectivity index is 0.00000225. The molecule has 0 saturated carbocycles. The van der Waals surface area contributed by atoms with Crippen LogP contribution in [-0.4, -0.2) is 37.0 Å². The molecule has 0 atom stereocenters. The summed E-state index contributed by atoms with van der Waals surface area (Å²) >= 11 is 0. The molecule has 3 aromatic rings. The van der Waals surface area contributed by atoms with E-state index in [0.29, 0.717) is 35.4 Å². The predicted octanol–water partition coefficient (Wildman–Crippen LogP) is 2.64. The van der Waals surface area contributed by atoms with Crippen LogP contribution in [0.15, 0.2) is 63.8 Å². The van der Waals surface area contributed by atoms with Crippen LogP contribution >= 0.6 is 12.4 Å². The topological polar surface area (TPSA) is 79.8 Å². The number of nitrogens with two attached hydrogens (primary N) is 1. The molecule has 0 bridgehead atoms. The summed E-state index contributed by atoms with van der Waals surface area (Å²) in [5, 5.41) is 0.550. The summed E-state index contributed by atoms with van der Waals surface area (Å²) in [5.41, 5.74) is 7.76. The van der Waals surface area contributed by atoms with Crippen LogP contribution in [0, 0.1) is 0 Å². The predicted molar refractivity (Wildman–Crippen MR) is 112 cm³/mol. The van der Waals surface area contributed by atoms with Gasteiger partial charge in [0.25, 0.3) is 5.91 Å². The fourth-order valence-corrected chi connectivity index (χ4v) is 3.42. The average molecular weight is 400 g/mol. The number of amides is 1. The van der Waals surface area contributed by atoms with Crippen molar-refractivity contribution in [3.8, 4) is 0 Å². The van der Waals surface area contributed by atoms with Crippen molar-refractivity contribution < 1.29 is 9.21 Å². The van der Waals surface area contributed by atoms with Crippen LogP contribution in [0.5, 0.6) is 0 Å². The van der Waals surface area contributed by atoms with Crippen LogP contribution in [0.4, 0.5) is 5.69 Å². The van der Waals surface area contributed by atoms with Crippen molar-refractivity contribution >= 4 is 35.0 Å². The smallest absolute Gasteiger partial charge is 0.253 e. The van der Waals surface area contributed by atoms with Crippen molar-refractivity contribution in [2.24, 2.45) is 5.73 Å². The lowest BCUT2D eigenvalue weighted by atomic mass is 10.1. The Hall–Kier alpha value is -2.83. The summed E-state index contributed by atoms with van der Waals surface area (Å²) in [5.74, 6) is 0.537. The van der Waals surface area contributed by atoms with Gasteiger partial charge in [-0.3, -0.25) is 9.59 Å². The molecule has 0 aliphatic carbocycles. The summed E-state index contributed by atoms with van der Waals surface area (Å²) in [6, 6.07) is 16.4.